The highest BCUT2D eigenvalue weighted by atomic mass is 35.5. The number of rotatable bonds is 0. The molecule has 1 aromatic rings. The maximum Gasteiger partial charge on any atom is 0.347 e. The molecular weight excluding hydrogens is 204 g/mol. The number of benzene rings is 1. The Morgan fingerprint density at radius 2 is 2.21 bits per heavy atom. The Balaban J connectivity index is 2.48. The van der Waals surface area contributed by atoms with E-state index in [1.54, 1.807) is 18.2 Å². The summed E-state index contributed by atoms with van der Waals surface area (Å²) in [5, 5.41) is 0.518. The van der Waals surface area contributed by atoms with Gasteiger partial charge in [0.1, 0.15) is 23.7 Å². The van der Waals surface area contributed by atoms with Crippen LogP contribution in [-0.2, 0) is 4.74 Å². The molecule has 0 aromatic heterocycles. The maximum absolute atomic E-state index is 11.4. The van der Waals surface area contributed by atoms with Gasteiger partial charge in [-0.2, -0.15) is 0 Å². The molecule has 2 rings (SSSR count). The summed E-state index contributed by atoms with van der Waals surface area (Å²) in [6, 6.07) is 4.76. The third kappa shape index (κ3) is 1.59. The molecule has 3 nitrogen and oxygen atoms in total. The average molecular weight is 211 g/mol. The average Bonchev–Trinajstić information content (AvgIpc) is 2.26. The lowest BCUT2D eigenvalue weighted by atomic mass is 10.2. The zero-order chi connectivity index (χ0) is 10.1. The third-order valence-corrected chi connectivity index (χ3v) is 2.02. The van der Waals surface area contributed by atoms with Gasteiger partial charge in [0.05, 0.1) is 0 Å². The van der Waals surface area contributed by atoms with E-state index in [4.69, 9.17) is 21.1 Å². The van der Waals surface area contributed by atoms with Gasteiger partial charge in [0, 0.05) is 5.02 Å². The predicted octanol–water partition coefficient (Wildman–Crippen LogP) is 2.40. The summed E-state index contributed by atoms with van der Waals surface area (Å²) in [6.45, 7) is 3.69. The Bertz CT molecular complexity index is 412. The minimum absolute atomic E-state index is 0.166. The lowest BCUT2D eigenvalue weighted by molar-refractivity contribution is 0.0619. The first-order chi connectivity index (χ1) is 6.66. The van der Waals surface area contributed by atoms with Crippen LogP contribution in [0.5, 0.6) is 5.75 Å². The molecule has 4 heteroatoms. The van der Waals surface area contributed by atoms with Crippen LogP contribution < -0.4 is 4.74 Å². The van der Waals surface area contributed by atoms with Crippen LogP contribution >= 0.6 is 11.6 Å². The van der Waals surface area contributed by atoms with Crippen LogP contribution in [0.4, 0.5) is 0 Å². The second-order valence-electron chi connectivity index (χ2n) is 2.86. The fraction of sp³-hybridized carbons (Fsp3) is 0.100. The standard InChI is InChI=1S/C10H7ClO3/c1-6-5-13-9-4-7(11)2-3-8(9)10(12)14-6/h2-4H,1,5H2. The van der Waals surface area contributed by atoms with Crippen molar-refractivity contribution in [2.75, 3.05) is 6.61 Å². The van der Waals surface area contributed by atoms with Gasteiger partial charge in [0.15, 0.2) is 0 Å². The van der Waals surface area contributed by atoms with Gasteiger partial charge in [-0.3, -0.25) is 0 Å². The van der Waals surface area contributed by atoms with Gasteiger partial charge in [-0.25, -0.2) is 4.79 Å². The number of hydrogen-bond acceptors (Lipinski definition) is 3. The highest BCUT2D eigenvalue weighted by Gasteiger charge is 2.19. The van der Waals surface area contributed by atoms with E-state index in [1.807, 2.05) is 0 Å². The van der Waals surface area contributed by atoms with Crippen molar-refractivity contribution in [1.82, 2.24) is 0 Å². The van der Waals surface area contributed by atoms with E-state index in [1.165, 1.54) is 0 Å². The van der Waals surface area contributed by atoms with Crippen molar-refractivity contribution in [2.24, 2.45) is 0 Å². The normalized spacial score (nSPS) is 15.2. The second kappa shape index (κ2) is 3.35. The summed E-state index contributed by atoms with van der Waals surface area (Å²) in [4.78, 5) is 11.4. The van der Waals surface area contributed by atoms with E-state index in [-0.39, 0.29) is 6.61 Å². The minimum atomic E-state index is -0.459. The highest BCUT2D eigenvalue weighted by Crippen LogP contribution is 2.27. The quantitative estimate of drug-likeness (QED) is 0.617. The second-order valence-corrected chi connectivity index (χ2v) is 3.29. The summed E-state index contributed by atoms with van der Waals surface area (Å²) >= 11 is 5.76. The summed E-state index contributed by atoms with van der Waals surface area (Å²) in [5.74, 6) is 0.266. The molecule has 0 amide bonds. The predicted molar refractivity (Wildman–Crippen MR) is 51.5 cm³/mol. The summed E-state index contributed by atoms with van der Waals surface area (Å²) < 4.78 is 10.2. The molecular formula is C10H7ClO3. The molecule has 0 bridgehead atoms. The van der Waals surface area contributed by atoms with E-state index in [0.29, 0.717) is 22.1 Å². The van der Waals surface area contributed by atoms with Crippen molar-refractivity contribution in [3.8, 4) is 5.75 Å². The Labute approximate surface area is 85.9 Å². The van der Waals surface area contributed by atoms with Crippen molar-refractivity contribution in [1.29, 1.82) is 0 Å². The number of fused-ring (bicyclic) bond motifs is 1. The van der Waals surface area contributed by atoms with E-state index in [2.05, 4.69) is 6.58 Å². The molecule has 0 fully saturated rings. The first kappa shape index (κ1) is 9.09. The highest BCUT2D eigenvalue weighted by molar-refractivity contribution is 6.30. The van der Waals surface area contributed by atoms with Gasteiger partial charge >= 0.3 is 5.97 Å². The molecule has 0 atom stereocenters. The number of cyclic esters (lactones) is 1. The maximum atomic E-state index is 11.4. The van der Waals surface area contributed by atoms with Crippen LogP contribution in [0.2, 0.25) is 5.02 Å². The van der Waals surface area contributed by atoms with E-state index < -0.39 is 5.97 Å². The van der Waals surface area contributed by atoms with Crippen molar-refractivity contribution in [3.63, 3.8) is 0 Å². The molecule has 0 unspecified atom stereocenters. The van der Waals surface area contributed by atoms with Crippen LogP contribution in [0.25, 0.3) is 0 Å². The van der Waals surface area contributed by atoms with Gasteiger partial charge in [0.25, 0.3) is 0 Å². The molecule has 1 heterocycles. The molecule has 0 N–H and O–H groups in total. The fourth-order valence-electron chi connectivity index (χ4n) is 1.16. The molecule has 0 saturated carbocycles. The molecule has 1 aliphatic rings. The zero-order valence-electron chi connectivity index (χ0n) is 7.25. The fourth-order valence-corrected chi connectivity index (χ4v) is 1.32. The van der Waals surface area contributed by atoms with Crippen LogP contribution in [0.3, 0.4) is 0 Å². The SMILES string of the molecule is C=C1COc2cc(Cl)ccc2C(=O)O1. The van der Waals surface area contributed by atoms with Crippen molar-refractivity contribution in [3.05, 3.63) is 41.1 Å². The minimum Gasteiger partial charge on any atom is -0.485 e. The molecule has 0 radical (unpaired) electrons. The number of esters is 1. The number of ether oxygens (including phenoxy) is 2. The smallest absolute Gasteiger partial charge is 0.347 e. The molecule has 72 valence electrons. The lowest BCUT2D eigenvalue weighted by Gasteiger charge is -2.03. The number of hydrogen-bond donors (Lipinski definition) is 0. The van der Waals surface area contributed by atoms with E-state index in [9.17, 15) is 4.79 Å². The lowest BCUT2D eigenvalue weighted by Crippen LogP contribution is -2.02. The number of carbonyl (C=O) groups is 1. The molecule has 1 aliphatic heterocycles. The summed E-state index contributed by atoms with van der Waals surface area (Å²) in [5.41, 5.74) is 0.369. The monoisotopic (exact) mass is 210 g/mol. The summed E-state index contributed by atoms with van der Waals surface area (Å²) in [6.07, 6.45) is 0. The Morgan fingerprint density at radius 3 is 3.00 bits per heavy atom. The third-order valence-electron chi connectivity index (χ3n) is 1.79. The van der Waals surface area contributed by atoms with Crippen LogP contribution in [0.15, 0.2) is 30.5 Å². The van der Waals surface area contributed by atoms with Gasteiger partial charge < -0.3 is 9.47 Å². The zero-order valence-corrected chi connectivity index (χ0v) is 8.00. The Kier molecular flexibility index (Phi) is 2.17. The number of carbonyl (C=O) groups excluding carboxylic acids is 1. The topological polar surface area (TPSA) is 35.5 Å². The van der Waals surface area contributed by atoms with Crippen LogP contribution in [0.1, 0.15) is 10.4 Å². The van der Waals surface area contributed by atoms with Crippen molar-refractivity contribution < 1.29 is 14.3 Å². The largest absolute Gasteiger partial charge is 0.485 e. The molecule has 1 aromatic carbocycles. The van der Waals surface area contributed by atoms with Crippen LogP contribution in [-0.4, -0.2) is 12.6 Å². The Hall–Kier alpha value is -1.48. The molecule has 0 saturated heterocycles. The number of halogens is 1. The first-order valence-corrected chi connectivity index (χ1v) is 4.37. The van der Waals surface area contributed by atoms with Crippen molar-refractivity contribution in [2.45, 2.75) is 0 Å². The molecule has 0 spiro atoms. The van der Waals surface area contributed by atoms with Crippen molar-refractivity contribution >= 4 is 17.6 Å². The summed E-state index contributed by atoms with van der Waals surface area (Å²) in [7, 11) is 0. The van der Waals surface area contributed by atoms with Crippen LogP contribution in [0, 0.1) is 0 Å². The van der Waals surface area contributed by atoms with E-state index in [0.717, 1.165) is 0 Å². The van der Waals surface area contributed by atoms with Gasteiger partial charge in [0.2, 0.25) is 0 Å². The van der Waals surface area contributed by atoms with Gasteiger partial charge in [-0.1, -0.05) is 18.2 Å². The van der Waals surface area contributed by atoms with E-state index >= 15 is 0 Å². The van der Waals surface area contributed by atoms with Gasteiger partial charge in [-0.05, 0) is 18.2 Å². The van der Waals surface area contributed by atoms with Gasteiger partial charge in [-0.15, -0.1) is 0 Å². The molecule has 0 aliphatic carbocycles. The first-order valence-electron chi connectivity index (χ1n) is 3.99. The molecule has 14 heavy (non-hydrogen) atoms. The Morgan fingerprint density at radius 1 is 1.43 bits per heavy atom.